The van der Waals surface area contributed by atoms with Gasteiger partial charge in [0.25, 0.3) is 0 Å². The van der Waals surface area contributed by atoms with Crippen LogP contribution in [0.5, 0.6) is 0 Å². The molecule has 1 amide bonds. The van der Waals surface area contributed by atoms with E-state index in [1.165, 1.54) is 4.31 Å². The fraction of sp³-hybridized carbons (Fsp3) is 0.588. The lowest BCUT2D eigenvalue weighted by Gasteiger charge is -2.36. The van der Waals surface area contributed by atoms with Gasteiger partial charge >= 0.3 is 0 Å². The van der Waals surface area contributed by atoms with Crippen molar-refractivity contribution < 1.29 is 13.2 Å². The van der Waals surface area contributed by atoms with Gasteiger partial charge in [0, 0.05) is 31.0 Å². The summed E-state index contributed by atoms with van der Waals surface area (Å²) in [6, 6.07) is 5.67. The lowest BCUT2D eigenvalue weighted by Crippen LogP contribution is -2.48. The van der Waals surface area contributed by atoms with Crippen LogP contribution in [0.3, 0.4) is 0 Å². The van der Waals surface area contributed by atoms with Gasteiger partial charge in [-0.05, 0) is 50.3 Å². The Bertz CT molecular complexity index is 739. The van der Waals surface area contributed by atoms with Crippen molar-refractivity contribution in [3.05, 3.63) is 23.8 Å². The third-order valence-corrected chi connectivity index (χ3v) is 6.89. The topological polar surface area (TPSA) is 83.7 Å². The SMILES string of the molecule is CCS(=O)(=O)N1CCCC(C(=O)N2CCCc3c(N)cccc32)C1.Cl. The summed E-state index contributed by atoms with van der Waals surface area (Å²) in [5.74, 6) is -0.165. The molecule has 1 unspecified atom stereocenters. The molecule has 0 saturated carbocycles. The molecule has 140 valence electrons. The molecular weight excluding hydrogens is 362 g/mol. The summed E-state index contributed by atoms with van der Waals surface area (Å²) in [6.07, 6.45) is 3.24. The second-order valence-corrected chi connectivity index (χ2v) is 8.79. The first-order chi connectivity index (χ1) is 11.4. The van der Waals surface area contributed by atoms with Gasteiger partial charge in [-0.15, -0.1) is 12.4 Å². The first kappa shape index (κ1) is 20.0. The van der Waals surface area contributed by atoms with Crippen molar-refractivity contribution in [3.8, 4) is 0 Å². The van der Waals surface area contributed by atoms with Crippen LogP contribution in [0.2, 0.25) is 0 Å². The van der Waals surface area contributed by atoms with E-state index in [0.29, 0.717) is 19.6 Å². The van der Waals surface area contributed by atoms with Crippen molar-refractivity contribution in [2.24, 2.45) is 5.92 Å². The quantitative estimate of drug-likeness (QED) is 0.804. The summed E-state index contributed by atoms with van der Waals surface area (Å²) in [7, 11) is -3.24. The standard InChI is InChI=1S/C17H25N3O3S.ClH/c1-2-24(22,23)19-10-4-6-13(12-19)17(21)20-11-5-7-14-15(18)8-3-9-16(14)20;/h3,8-9,13H,2,4-7,10-12,18H2,1H3;1H. The van der Waals surface area contributed by atoms with Gasteiger partial charge in [-0.3, -0.25) is 4.79 Å². The van der Waals surface area contributed by atoms with Crippen molar-refractivity contribution in [1.82, 2.24) is 4.31 Å². The van der Waals surface area contributed by atoms with Crippen LogP contribution in [-0.4, -0.2) is 44.0 Å². The Morgan fingerprint density at radius 1 is 1.28 bits per heavy atom. The zero-order chi connectivity index (χ0) is 17.3. The van der Waals surface area contributed by atoms with Gasteiger partial charge in [-0.25, -0.2) is 12.7 Å². The van der Waals surface area contributed by atoms with Crippen LogP contribution in [0.25, 0.3) is 0 Å². The van der Waals surface area contributed by atoms with Crippen LogP contribution in [0.1, 0.15) is 31.7 Å². The molecule has 0 aliphatic carbocycles. The summed E-state index contributed by atoms with van der Waals surface area (Å²) in [4.78, 5) is 14.9. The monoisotopic (exact) mass is 387 g/mol. The highest BCUT2D eigenvalue weighted by atomic mass is 35.5. The number of piperidine rings is 1. The number of carbonyl (C=O) groups is 1. The third kappa shape index (κ3) is 3.93. The molecule has 1 fully saturated rings. The number of amides is 1. The van der Waals surface area contributed by atoms with Gasteiger partial charge in [0.05, 0.1) is 11.7 Å². The number of hydrogen-bond acceptors (Lipinski definition) is 4. The van der Waals surface area contributed by atoms with Crippen molar-refractivity contribution in [3.63, 3.8) is 0 Å². The predicted molar refractivity (Wildman–Crippen MR) is 103 cm³/mol. The minimum absolute atomic E-state index is 0. The number of rotatable bonds is 3. The molecule has 8 heteroatoms. The molecule has 1 aromatic rings. The molecule has 2 aliphatic rings. The van der Waals surface area contributed by atoms with Crippen LogP contribution < -0.4 is 10.6 Å². The largest absolute Gasteiger partial charge is 0.398 e. The fourth-order valence-corrected chi connectivity index (χ4v) is 4.86. The minimum atomic E-state index is -3.24. The van der Waals surface area contributed by atoms with Gasteiger partial charge in [-0.1, -0.05) is 6.07 Å². The molecule has 1 atom stereocenters. The number of hydrogen-bond donors (Lipinski definition) is 1. The Hall–Kier alpha value is -1.31. The Morgan fingerprint density at radius 3 is 2.76 bits per heavy atom. The number of sulfonamides is 1. The van der Waals surface area contributed by atoms with Crippen LogP contribution in [-0.2, 0) is 21.2 Å². The van der Waals surface area contributed by atoms with Gasteiger partial charge in [0.2, 0.25) is 15.9 Å². The number of halogens is 1. The van der Waals surface area contributed by atoms with Crippen LogP contribution >= 0.6 is 12.4 Å². The van der Waals surface area contributed by atoms with Crippen LogP contribution in [0.15, 0.2) is 18.2 Å². The number of fused-ring (bicyclic) bond motifs is 1. The molecule has 2 heterocycles. The Labute approximate surface area is 155 Å². The molecule has 2 aliphatic heterocycles. The summed E-state index contributed by atoms with van der Waals surface area (Å²) in [5, 5.41) is 0. The molecule has 0 bridgehead atoms. The Kier molecular flexibility index (Phi) is 6.35. The van der Waals surface area contributed by atoms with Crippen molar-refractivity contribution in [2.75, 3.05) is 36.0 Å². The average Bonchev–Trinajstić information content (AvgIpc) is 2.61. The second kappa shape index (κ2) is 7.93. The average molecular weight is 388 g/mol. The molecule has 2 N–H and O–H groups in total. The van der Waals surface area contributed by atoms with E-state index < -0.39 is 10.0 Å². The molecule has 1 saturated heterocycles. The van der Waals surface area contributed by atoms with Gasteiger partial charge in [0.15, 0.2) is 0 Å². The van der Waals surface area contributed by atoms with Crippen LogP contribution in [0.4, 0.5) is 11.4 Å². The maximum Gasteiger partial charge on any atom is 0.231 e. The lowest BCUT2D eigenvalue weighted by atomic mass is 9.94. The van der Waals surface area contributed by atoms with E-state index in [9.17, 15) is 13.2 Å². The Morgan fingerprint density at radius 2 is 2.04 bits per heavy atom. The number of anilines is 2. The summed E-state index contributed by atoms with van der Waals surface area (Å²) < 4.78 is 25.7. The van der Waals surface area contributed by atoms with E-state index >= 15 is 0 Å². The molecule has 0 aromatic heterocycles. The third-order valence-electron chi connectivity index (χ3n) is 5.04. The first-order valence-corrected chi connectivity index (χ1v) is 10.2. The molecule has 0 radical (unpaired) electrons. The predicted octanol–water partition coefficient (Wildman–Crippen LogP) is 2.03. The van der Waals surface area contributed by atoms with E-state index in [-0.39, 0.29) is 30.0 Å². The van der Waals surface area contributed by atoms with Gasteiger partial charge in [-0.2, -0.15) is 0 Å². The number of nitrogens with zero attached hydrogens (tertiary/aromatic N) is 2. The molecule has 3 rings (SSSR count). The number of nitrogen functional groups attached to an aromatic ring is 1. The van der Waals surface area contributed by atoms with E-state index in [4.69, 9.17) is 5.73 Å². The number of nitrogens with two attached hydrogens (primary N) is 1. The Balaban J connectivity index is 0.00000225. The van der Waals surface area contributed by atoms with E-state index in [2.05, 4.69) is 0 Å². The van der Waals surface area contributed by atoms with E-state index in [1.807, 2.05) is 23.1 Å². The fourth-order valence-electron chi connectivity index (χ4n) is 3.68. The molecular formula is C17H26ClN3O3S. The van der Waals surface area contributed by atoms with Crippen LogP contribution in [0, 0.1) is 5.92 Å². The second-order valence-electron chi connectivity index (χ2n) is 6.54. The molecule has 6 nitrogen and oxygen atoms in total. The lowest BCUT2D eigenvalue weighted by molar-refractivity contribution is -0.123. The summed E-state index contributed by atoms with van der Waals surface area (Å²) >= 11 is 0. The normalized spacial score (nSPS) is 21.3. The van der Waals surface area contributed by atoms with Crippen molar-refractivity contribution >= 4 is 39.7 Å². The maximum atomic E-state index is 13.1. The molecule has 0 spiro atoms. The van der Waals surface area contributed by atoms with Crippen molar-refractivity contribution in [1.29, 1.82) is 0 Å². The summed E-state index contributed by atoms with van der Waals surface area (Å²) in [5.41, 5.74) is 8.70. The summed E-state index contributed by atoms with van der Waals surface area (Å²) in [6.45, 7) is 3.13. The van der Waals surface area contributed by atoms with Gasteiger partial charge in [0.1, 0.15) is 0 Å². The van der Waals surface area contributed by atoms with Crippen molar-refractivity contribution in [2.45, 2.75) is 32.6 Å². The number of carbonyl (C=O) groups excluding carboxylic acids is 1. The van der Waals surface area contributed by atoms with Gasteiger partial charge < -0.3 is 10.6 Å². The minimum Gasteiger partial charge on any atom is -0.398 e. The van der Waals surface area contributed by atoms with E-state index in [0.717, 1.165) is 42.6 Å². The number of benzene rings is 1. The smallest absolute Gasteiger partial charge is 0.231 e. The first-order valence-electron chi connectivity index (χ1n) is 8.60. The van der Waals surface area contributed by atoms with E-state index in [1.54, 1.807) is 6.92 Å². The zero-order valence-electron chi connectivity index (χ0n) is 14.5. The highest BCUT2D eigenvalue weighted by Gasteiger charge is 2.35. The highest BCUT2D eigenvalue weighted by molar-refractivity contribution is 7.89. The molecule has 1 aromatic carbocycles. The molecule has 25 heavy (non-hydrogen) atoms. The zero-order valence-corrected chi connectivity index (χ0v) is 16.1. The highest BCUT2D eigenvalue weighted by Crippen LogP contribution is 2.33. The maximum absolute atomic E-state index is 13.1.